The molecule has 2 amide bonds. The lowest BCUT2D eigenvalue weighted by Crippen LogP contribution is -2.61. The van der Waals surface area contributed by atoms with Gasteiger partial charge in [0.2, 0.25) is 5.91 Å². The van der Waals surface area contributed by atoms with E-state index in [1.54, 1.807) is 13.0 Å². The van der Waals surface area contributed by atoms with E-state index in [4.69, 9.17) is 51.1 Å². The SMILES string of the molecule is CC(=O)N1C[C@H]2CC(c3ccc(CCCOc4c(Cl)cc(C)cc4Cl)cc3)=C(C(=O)N(Cc3cccc(Cl)c3Cl)C3CC3)[C@@H](C1)N2. The molecular weight excluding hydrogens is 664 g/mol. The van der Waals surface area contributed by atoms with Crippen LogP contribution >= 0.6 is 46.4 Å². The van der Waals surface area contributed by atoms with Crippen LogP contribution < -0.4 is 10.1 Å². The number of aryl methyl sites for hydroxylation is 2. The molecule has 1 saturated carbocycles. The van der Waals surface area contributed by atoms with Crippen LogP contribution in [0.25, 0.3) is 5.57 Å². The molecule has 0 unspecified atom stereocenters. The Morgan fingerprint density at radius 1 is 0.978 bits per heavy atom. The lowest BCUT2D eigenvalue weighted by atomic mass is 9.82. The van der Waals surface area contributed by atoms with Gasteiger partial charge in [-0.15, -0.1) is 0 Å². The zero-order valence-corrected chi connectivity index (χ0v) is 28.9. The first-order chi connectivity index (χ1) is 22.1. The average molecular weight is 702 g/mol. The summed E-state index contributed by atoms with van der Waals surface area (Å²) in [6.45, 7) is 5.49. The van der Waals surface area contributed by atoms with Crippen molar-refractivity contribution in [1.29, 1.82) is 0 Å². The summed E-state index contributed by atoms with van der Waals surface area (Å²) in [6, 6.07) is 17.7. The average Bonchev–Trinajstić information content (AvgIpc) is 3.86. The maximum absolute atomic E-state index is 14.6. The molecule has 242 valence electrons. The van der Waals surface area contributed by atoms with Crippen molar-refractivity contribution in [2.24, 2.45) is 0 Å². The molecule has 3 aliphatic rings. The van der Waals surface area contributed by atoms with Gasteiger partial charge in [-0.2, -0.15) is 0 Å². The maximum Gasteiger partial charge on any atom is 0.252 e. The summed E-state index contributed by atoms with van der Waals surface area (Å²) in [5.41, 5.74) is 5.80. The minimum absolute atomic E-state index is 0.00968. The van der Waals surface area contributed by atoms with E-state index >= 15 is 0 Å². The number of rotatable bonds is 10. The van der Waals surface area contributed by atoms with Crippen LogP contribution in [0.15, 0.2) is 60.2 Å². The molecule has 0 aromatic heterocycles. The molecule has 1 N–H and O–H groups in total. The number of hydrogen-bond acceptors (Lipinski definition) is 4. The molecule has 2 aliphatic heterocycles. The van der Waals surface area contributed by atoms with Crippen molar-refractivity contribution in [3.8, 4) is 5.75 Å². The molecule has 6 rings (SSSR count). The third-order valence-electron chi connectivity index (χ3n) is 9.00. The van der Waals surface area contributed by atoms with E-state index in [1.165, 1.54) is 5.56 Å². The third kappa shape index (κ3) is 7.37. The van der Waals surface area contributed by atoms with Crippen LogP contribution in [0.4, 0.5) is 0 Å². The third-order valence-corrected chi connectivity index (χ3v) is 10.4. The van der Waals surface area contributed by atoms with Crippen molar-refractivity contribution in [3.05, 3.63) is 103 Å². The van der Waals surface area contributed by atoms with Crippen molar-refractivity contribution in [3.63, 3.8) is 0 Å². The highest BCUT2D eigenvalue weighted by atomic mass is 35.5. The first-order valence-corrected chi connectivity index (χ1v) is 17.3. The number of nitrogens with zero attached hydrogens (tertiary/aromatic N) is 2. The second kappa shape index (κ2) is 14.2. The van der Waals surface area contributed by atoms with Gasteiger partial charge in [0.15, 0.2) is 5.75 Å². The van der Waals surface area contributed by atoms with Crippen molar-refractivity contribution >= 4 is 63.8 Å². The normalized spacial score (nSPS) is 19.3. The van der Waals surface area contributed by atoms with Gasteiger partial charge in [0, 0.05) is 44.2 Å². The fraction of sp³-hybridized carbons (Fsp3) is 0.389. The predicted molar refractivity (Wildman–Crippen MR) is 186 cm³/mol. The Morgan fingerprint density at radius 2 is 1.70 bits per heavy atom. The highest BCUT2D eigenvalue weighted by Gasteiger charge is 2.43. The number of amides is 2. The standard InChI is InChI=1S/C36H37Cl4N3O3/c1-21-15-30(38)35(31(39)16-21)46-14-4-5-23-8-10-24(11-9-23)28-17-26-19-42(22(2)44)20-32(41-26)33(28)36(45)43(27-12-13-27)18-25-6-3-7-29(37)34(25)40/h3,6-11,15-16,26-27,32,41H,4-5,12-14,17-20H2,1-2H3/t26-,32-/m1/s1. The molecule has 3 aromatic rings. The Morgan fingerprint density at radius 3 is 2.37 bits per heavy atom. The van der Waals surface area contributed by atoms with Gasteiger partial charge in [-0.25, -0.2) is 0 Å². The van der Waals surface area contributed by atoms with Crippen LogP contribution in [0.1, 0.15) is 54.9 Å². The molecule has 1 aliphatic carbocycles. The largest absolute Gasteiger partial charge is 0.490 e. The van der Waals surface area contributed by atoms with Crippen LogP contribution in [0.3, 0.4) is 0 Å². The second-order valence-electron chi connectivity index (χ2n) is 12.5. The molecule has 2 bridgehead atoms. The molecule has 3 aromatic carbocycles. The number of hydrogen-bond donors (Lipinski definition) is 1. The van der Waals surface area contributed by atoms with Crippen LogP contribution in [0, 0.1) is 6.92 Å². The van der Waals surface area contributed by atoms with Gasteiger partial charge in [0.05, 0.1) is 32.7 Å². The zero-order valence-electron chi connectivity index (χ0n) is 25.9. The number of halogens is 4. The molecule has 0 spiro atoms. The zero-order chi connectivity index (χ0) is 32.5. The fourth-order valence-corrected chi connectivity index (χ4v) is 7.62. The van der Waals surface area contributed by atoms with Crippen molar-refractivity contribution < 1.29 is 14.3 Å². The lowest BCUT2D eigenvalue weighted by molar-refractivity contribution is -0.132. The summed E-state index contributed by atoms with van der Waals surface area (Å²) in [5.74, 6) is 0.535. The van der Waals surface area contributed by atoms with Gasteiger partial charge in [0.1, 0.15) is 0 Å². The van der Waals surface area contributed by atoms with Gasteiger partial charge in [-0.05, 0) is 85.1 Å². The number of fused-ring (bicyclic) bond motifs is 2. The molecule has 10 heteroatoms. The smallest absolute Gasteiger partial charge is 0.252 e. The number of benzene rings is 3. The van der Waals surface area contributed by atoms with E-state index in [0.29, 0.717) is 58.5 Å². The van der Waals surface area contributed by atoms with E-state index in [2.05, 4.69) is 29.6 Å². The Balaban J connectivity index is 1.23. The van der Waals surface area contributed by atoms with E-state index in [0.717, 1.165) is 53.5 Å². The molecule has 2 heterocycles. The van der Waals surface area contributed by atoms with E-state index in [9.17, 15) is 9.59 Å². The number of carbonyl (C=O) groups is 2. The number of ether oxygens (including phenoxy) is 1. The van der Waals surface area contributed by atoms with Gasteiger partial charge in [-0.3, -0.25) is 9.59 Å². The molecule has 2 fully saturated rings. The number of piperazine rings is 1. The Kier molecular flexibility index (Phi) is 10.2. The number of carbonyl (C=O) groups excluding carboxylic acids is 2. The fourth-order valence-electron chi connectivity index (χ4n) is 6.53. The Bertz CT molecular complexity index is 1650. The molecule has 0 radical (unpaired) electrons. The highest BCUT2D eigenvalue weighted by Crippen LogP contribution is 2.39. The van der Waals surface area contributed by atoms with Crippen molar-refractivity contribution in [1.82, 2.24) is 15.1 Å². The summed E-state index contributed by atoms with van der Waals surface area (Å²) < 4.78 is 5.91. The van der Waals surface area contributed by atoms with Crippen LogP contribution in [-0.4, -0.2) is 59.4 Å². The van der Waals surface area contributed by atoms with Crippen LogP contribution in [0.5, 0.6) is 5.75 Å². The van der Waals surface area contributed by atoms with Gasteiger partial charge >= 0.3 is 0 Å². The van der Waals surface area contributed by atoms with Gasteiger partial charge in [-0.1, -0.05) is 82.8 Å². The van der Waals surface area contributed by atoms with Crippen LogP contribution in [-0.2, 0) is 22.6 Å². The van der Waals surface area contributed by atoms with Crippen molar-refractivity contribution in [2.45, 2.75) is 70.6 Å². The lowest BCUT2D eigenvalue weighted by Gasteiger charge is -2.44. The second-order valence-corrected chi connectivity index (χ2v) is 14.1. The summed E-state index contributed by atoms with van der Waals surface area (Å²) in [5, 5.41) is 5.64. The van der Waals surface area contributed by atoms with Gasteiger partial charge in [0.25, 0.3) is 5.91 Å². The highest BCUT2D eigenvalue weighted by molar-refractivity contribution is 6.42. The monoisotopic (exact) mass is 699 g/mol. The topological polar surface area (TPSA) is 61.9 Å². The van der Waals surface area contributed by atoms with Gasteiger partial charge < -0.3 is 19.9 Å². The minimum atomic E-state index is -0.257. The quantitative estimate of drug-likeness (QED) is 0.217. The van der Waals surface area contributed by atoms with Crippen LogP contribution in [0.2, 0.25) is 20.1 Å². The maximum atomic E-state index is 14.6. The first kappa shape index (κ1) is 33.2. The summed E-state index contributed by atoms with van der Waals surface area (Å²) in [6.07, 6.45) is 4.18. The number of nitrogens with one attached hydrogen (secondary N) is 1. The molecule has 1 saturated heterocycles. The molecule has 6 nitrogen and oxygen atoms in total. The minimum Gasteiger partial charge on any atom is -0.490 e. The molecule has 2 atom stereocenters. The summed E-state index contributed by atoms with van der Waals surface area (Å²) in [7, 11) is 0. The summed E-state index contributed by atoms with van der Waals surface area (Å²) in [4.78, 5) is 30.8. The predicted octanol–water partition coefficient (Wildman–Crippen LogP) is 8.16. The molecular formula is C36H37Cl4N3O3. The van der Waals surface area contributed by atoms with E-state index in [1.807, 2.05) is 41.0 Å². The Labute approximate surface area is 290 Å². The molecule has 46 heavy (non-hydrogen) atoms. The van der Waals surface area contributed by atoms with Crippen molar-refractivity contribution in [2.75, 3.05) is 19.7 Å². The van der Waals surface area contributed by atoms with E-state index in [-0.39, 0.29) is 29.9 Å². The van der Waals surface area contributed by atoms with E-state index < -0.39 is 0 Å². The summed E-state index contributed by atoms with van der Waals surface area (Å²) >= 11 is 25.6. The first-order valence-electron chi connectivity index (χ1n) is 15.7. The Hall–Kier alpha value is -2.74.